The summed E-state index contributed by atoms with van der Waals surface area (Å²) in [5.41, 5.74) is 1.99. The van der Waals surface area contributed by atoms with E-state index in [0.29, 0.717) is 18.2 Å². The Balaban J connectivity index is 1.52. The number of halogens is 1. The van der Waals surface area contributed by atoms with Crippen LogP contribution >= 0.6 is 22.9 Å². The SMILES string of the molecule is C[C@@H](Cc1nc(-c2ccc3c(c2)OCCO3)cs1)n1cc(Cl)cn1. The van der Waals surface area contributed by atoms with Crippen LogP contribution in [0, 0.1) is 0 Å². The van der Waals surface area contributed by atoms with Crippen LogP contribution in [0.1, 0.15) is 18.0 Å². The molecule has 0 N–H and O–H groups in total. The molecule has 7 heteroatoms. The van der Waals surface area contributed by atoms with Gasteiger partial charge >= 0.3 is 0 Å². The van der Waals surface area contributed by atoms with Crippen molar-refractivity contribution >= 4 is 22.9 Å². The van der Waals surface area contributed by atoms with E-state index in [1.54, 1.807) is 17.5 Å². The predicted octanol–water partition coefficient (Wildman–Crippen LogP) is 4.23. The van der Waals surface area contributed by atoms with E-state index in [0.717, 1.165) is 34.2 Å². The van der Waals surface area contributed by atoms with Crippen molar-refractivity contribution in [1.82, 2.24) is 14.8 Å². The molecule has 1 aliphatic rings. The molecule has 0 aliphatic carbocycles. The highest BCUT2D eigenvalue weighted by molar-refractivity contribution is 7.09. The van der Waals surface area contributed by atoms with E-state index in [9.17, 15) is 0 Å². The first-order chi connectivity index (χ1) is 11.7. The quantitative estimate of drug-likeness (QED) is 0.697. The van der Waals surface area contributed by atoms with E-state index in [4.69, 9.17) is 26.1 Å². The summed E-state index contributed by atoms with van der Waals surface area (Å²) in [5.74, 6) is 1.58. The van der Waals surface area contributed by atoms with Crippen LogP contribution in [-0.4, -0.2) is 28.0 Å². The third-order valence-corrected chi connectivity index (χ3v) is 4.95. The largest absolute Gasteiger partial charge is 0.486 e. The predicted molar refractivity (Wildman–Crippen MR) is 94.2 cm³/mol. The van der Waals surface area contributed by atoms with Crippen molar-refractivity contribution < 1.29 is 9.47 Å². The zero-order valence-electron chi connectivity index (χ0n) is 13.1. The van der Waals surface area contributed by atoms with Crippen LogP contribution in [0.5, 0.6) is 11.5 Å². The zero-order chi connectivity index (χ0) is 16.5. The van der Waals surface area contributed by atoms with Crippen molar-refractivity contribution in [2.75, 3.05) is 13.2 Å². The number of fused-ring (bicyclic) bond motifs is 1. The number of ether oxygens (including phenoxy) is 2. The van der Waals surface area contributed by atoms with E-state index < -0.39 is 0 Å². The lowest BCUT2D eigenvalue weighted by Crippen LogP contribution is -2.15. The zero-order valence-corrected chi connectivity index (χ0v) is 14.7. The van der Waals surface area contributed by atoms with E-state index in [2.05, 4.69) is 17.4 Å². The monoisotopic (exact) mass is 361 g/mol. The molecule has 0 unspecified atom stereocenters. The number of hydrogen-bond acceptors (Lipinski definition) is 5. The van der Waals surface area contributed by atoms with Crippen molar-refractivity contribution in [1.29, 1.82) is 0 Å². The molecule has 0 saturated carbocycles. The van der Waals surface area contributed by atoms with Crippen LogP contribution in [0.4, 0.5) is 0 Å². The Morgan fingerprint density at radius 1 is 1.29 bits per heavy atom. The molecule has 0 saturated heterocycles. The van der Waals surface area contributed by atoms with E-state index in [-0.39, 0.29) is 6.04 Å². The van der Waals surface area contributed by atoms with Crippen LogP contribution in [0.3, 0.4) is 0 Å². The summed E-state index contributed by atoms with van der Waals surface area (Å²) >= 11 is 7.59. The number of thiazole rings is 1. The third kappa shape index (κ3) is 3.12. The minimum atomic E-state index is 0.205. The summed E-state index contributed by atoms with van der Waals surface area (Å²) in [4.78, 5) is 4.75. The Morgan fingerprint density at radius 2 is 2.12 bits per heavy atom. The number of benzene rings is 1. The van der Waals surface area contributed by atoms with Gasteiger partial charge in [-0.3, -0.25) is 4.68 Å². The molecule has 0 fully saturated rings. The summed E-state index contributed by atoms with van der Waals surface area (Å²) < 4.78 is 13.1. The van der Waals surface area contributed by atoms with Gasteiger partial charge in [-0.15, -0.1) is 11.3 Å². The second-order valence-corrected chi connectivity index (χ2v) is 7.06. The van der Waals surface area contributed by atoms with E-state index in [1.165, 1.54) is 0 Å². The van der Waals surface area contributed by atoms with Crippen LogP contribution < -0.4 is 9.47 Å². The maximum atomic E-state index is 5.93. The molecular weight excluding hydrogens is 346 g/mol. The van der Waals surface area contributed by atoms with Crippen LogP contribution in [-0.2, 0) is 6.42 Å². The molecule has 1 atom stereocenters. The van der Waals surface area contributed by atoms with Gasteiger partial charge in [0.1, 0.15) is 13.2 Å². The van der Waals surface area contributed by atoms with Crippen molar-refractivity contribution in [3.05, 3.63) is 46.0 Å². The third-order valence-electron chi connectivity index (χ3n) is 3.88. The molecule has 3 aromatic rings. The minimum Gasteiger partial charge on any atom is -0.486 e. The summed E-state index contributed by atoms with van der Waals surface area (Å²) in [7, 11) is 0. The van der Waals surface area contributed by atoms with Gasteiger partial charge < -0.3 is 9.47 Å². The number of aromatic nitrogens is 3. The maximum absolute atomic E-state index is 5.93. The number of nitrogens with zero attached hydrogens (tertiary/aromatic N) is 3. The highest BCUT2D eigenvalue weighted by Crippen LogP contribution is 2.35. The Hall–Kier alpha value is -2.05. The van der Waals surface area contributed by atoms with E-state index in [1.807, 2.05) is 29.1 Å². The second-order valence-electron chi connectivity index (χ2n) is 5.68. The molecule has 0 amide bonds. The Labute approximate surface area is 148 Å². The fraction of sp³-hybridized carbons (Fsp3) is 0.294. The topological polar surface area (TPSA) is 49.2 Å². The molecule has 2 aromatic heterocycles. The highest BCUT2D eigenvalue weighted by atomic mass is 35.5. The second kappa shape index (κ2) is 6.45. The first-order valence-electron chi connectivity index (χ1n) is 7.73. The molecule has 0 radical (unpaired) electrons. The molecule has 0 bridgehead atoms. The van der Waals surface area contributed by atoms with Gasteiger partial charge in [0.05, 0.1) is 28.0 Å². The van der Waals surface area contributed by atoms with Crippen molar-refractivity contribution in [3.8, 4) is 22.8 Å². The Bertz CT molecular complexity index is 861. The first kappa shape index (κ1) is 15.5. The smallest absolute Gasteiger partial charge is 0.162 e. The van der Waals surface area contributed by atoms with Crippen molar-refractivity contribution in [2.24, 2.45) is 0 Å². The number of hydrogen-bond donors (Lipinski definition) is 0. The molecule has 0 spiro atoms. The standard InChI is InChI=1S/C17H16ClN3O2S/c1-11(21-9-13(18)8-19-21)6-17-20-14(10-24-17)12-2-3-15-16(7-12)23-5-4-22-15/h2-3,7-11H,4-6H2,1H3/t11-/m0/s1. The average molecular weight is 362 g/mol. The van der Waals surface area contributed by atoms with Gasteiger partial charge in [0.25, 0.3) is 0 Å². The van der Waals surface area contributed by atoms with E-state index >= 15 is 0 Å². The van der Waals surface area contributed by atoms with Gasteiger partial charge in [0.2, 0.25) is 0 Å². The average Bonchev–Trinajstić information content (AvgIpc) is 3.23. The summed E-state index contributed by atoms with van der Waals surface area (Å²) in [6.07, 6.45) is 4.30. The molecule has 3 heterocycles. The van der Waals surface area contributed by atoms with Crippen molar-refractivity contribution in [3.63, 3.8) is 0 Å². The van der Waals surface area contributed by atoms with Gasteiger partial charge in [0.15, 0.2) is 11.5 Å². The van der Waals surface area contributed by atoms with Gasteiger partial charge in [-0.25, -0.2) is 4.98 Å². The van der Waals surface area contributed by atoms with Gasteiger partial charge in [-0.05, 0) is 25.1 Å². The molecule has 5 nitrogen and oxygen atoms in total. The Morgan fingerprint density at radius 3 is 2.92 bits per heavy atom. The lowest BCUT2D eigenvalue weighted by atomic mass is 10.1. The lowest BCUT2D eigenvalue weighted by molar-refractivity contribution is 0.171. The van der Waals surface area contributed by atoms with Crippen LogP contribution in [0.25, 0.3) is 11.3 Å². The normalized spacial score (nSPS) is 14.6. The first-order valence-corrected chi connectivity index (χ1v) is 8.99. The molecular formula is C17H16ClN3O2S. The molecule has 1 aromatic carbocycles. The maximum Gasteiger partial charge on any atom is 0.162 e. The van der Waals surface area contributed by atoms with Gasteiger partial charge in [-0.1, -0.05) is 11.6 Å². The Kier molecular flexibility index (Phi) is 4.16. The minimum absolute atomic E-state index is 0.205. The summed E-state index contributed by atoms with van der Waals surface area (Å²) in [6.45, 7) is 3.29. The van der Waals surface area contributed by atoms with Crippen molar-refractivity contribution in [2.45, 2.75) is 19.4 Å². The van der Waals surface area contributed by atoms with Gasteiger partial charge in [0, 0.05) is 23.6 Å². The molecule has 1 aliphatic heterocycles. The fourth-order valence-corrected chi connectivity index (χ4v) is 3.71. The van der Waals surface area contributed by atoms with Gasteiger partial charge in [-0.2, -0.15) is 5.10 Å². The fourth-order valence-electron chi connectivity index (χ4n) is 2.64. The van der Waals surface area contributed by atoms with Crippen LogP contribution in [0.15, 0.2) is 36.0 Å². The lowest BCUT2D eigenvalue weighted by Gasteiger charge is -2.18. The van der Waals surface area contributed by atoms with Crippen LogP contribution in [0.2, 0.25) is 5.02 Å². The summed E-state index contributed by atoms with van der Waals surface area (Å²) in [5, 5.41) is 8.05. The highest BCUT2D eigenvalue weighted by Gasteiger charge is 2.15. The summed E-state index contributed by atoms with van der Waals surface area (Å²) in [6, 6.07) is 6.15. The number of rotatable bonds is 4. The molecule has 24 heavy (non-hydrogen) atoms. The molecule has 4 rings (SSSR count). The molecule has 124 valence electrons.